The van der Waals surface area contributed by atoms with Gasteiger partial charge in [-0.2, -0.15) is 0 Å². The maximum absolute atomic E-state index is 12.0. The summed E-state index contributed by atoms with van der Waals surface area (Å²) in [5.74, 6) is -0.483. The lowest BCUT2D eigenvalue weighted by atomic mass is 10.0. The van der Waals surface area contributed by atoms with Crippen LogP contribution in [0.15, 0.2) is 42.0 Å². The second kappa shape index (κ2) is 12.9. The molecular weight excluding hydrogens is 346 g/mol. The molecule has 6 nitrogen and oxygen atoms in total. The van der Waals surface area contributed by atoms with E-state index in [0.717, 1.165) is 18.4 Å². The smallest absolute Gasteiger partial charge is 0.408 e. The number of nitrogens with one attached hydrogen (secondary N) is 1. The van der Waals surface area contributed by atoms with E-state index in [-0.39, 0.29) is 12.7 Å². The van der Waals surface area contributed by atoms with E-state index in [1.165, 1.54) is 12.7 Å². The molecule has 0 aliphatic rings. The number of ether oxygens (including phenoxy) is 3. The molecule has 0 spiro atoms. The minimum atomic E-state index is -0.743. The minimum absolute atomic E-state index is 0.148. The van der Waals surface area contributed by atoms with Gasteiger partial charge in [-0.05, 0) is 38.2 Å². The maximum Gasteiger partial charge on any atom is 0.408 e. The van der Waals surface area contributed by atoms with E-state index in [1.54, 1.807) is 7.11 Å². The number of alkyl carbamates (subject to hydrolysis) is 1. The lowest BCUT2D eigenvalue weighted by molar-refractivity contribution is -0.143. The molecule has 1 aromatic carbocycles. The van der Waals surface area contributed by atoms with Crippen molar-refractivity contribution in [1.29, 1.82) is 0 Å². The Morgan fingerprint density at radius 2 is 1.89 bits per heavy atom. The van der Waals surface area contributed by atoms with Gasteiger partial charge in [0.1, 0.15) is 12.6 Å². The molecular formula is C21H31NO5. The highest BCUT2D eigenvalue weighted by atomic mass is 16.6. The fraction of sp³-hybridized carbons (Fsp3) is 0.524. The highest BCUT2D eigenvalue weighted by Crippen LogP contribution is 2.14. The summed E-state index contributed by atoms with van der Waals surface area (Å²) in [6.45, 7) is 4.26. The third kappa shape index (κ3) is 9.24. The van der Waals surface area contributed by atoms with Crippen LogP contribution in [0.25, 0.3) is 0 Å². The zero-order valence-corrected chi connectivity index (χ0v) is 16.7. The van der Waals surface area contributed by atoms with Crippen LogP contribution in [0.2, 0.25) is 0 Å². The number of methoxy groups -OCH3 is 2. The molecule has 6 heteroatoms. The van der Waals surface area contributed by atoms with Gasteiger partial charge in [0.05, 0.1) is 13.2 Å². The summed E-state index contributed by atoms with van der Waals surface area (Å²) in [6.07, 6.45) is 4.48. The van der Waals surface area contributed by atoms with E-state index in [0.29, 0.717) is 12.8 Å². The second-order valence-electron chi connectivity index (χ2n) is 6.33. The van der Waals surface area contributed by atoms with Crippen LogP contribution in [0.1, 0.15) is 45.1 Å². The highest BCUT2D eigenvalue weighted by molar-refractivity contribution is 5.81. The standard InChI is InChI=1S/C21H31NO5/c1-5-17(14-16(2)25-3)12-9-13-19(20(23)26-4)22-21(24)27-15-18-10-7-6-8-11-18/h6-8,10-12,16,19H,5,9,13-15H2,1-4H3,(H,22,24)/b17-12-/t16-,19+/m1/s1. The molecule has 0 aliphatic heterocycles. The Kier molecular flexibility index (Phi) is 10.9. The molecule has 0 heterocycles. The molecule has 0 aromatic heterocycles. The molecule has 1 amide bonds. The summed E-state index contributed by atoms with van der Waals surface area (Å²) in [4.78, 5) is 24.0. The predicted octanol–water partition coefficient (Wildman–Crippen LogP) is 4.00. The van der Waals surface area contributed by atoms with Crippen LogP contribution in [0.3, 0.4) is 0 Å². The van der Waals surface area contributed by atoms with Crippen LogP contribution >= 0.6 is 0 Å². The third-order valence-electron chi connectivity index (χ3n) is 4.29. The lowest BCUT2D eigenvalue weighted by Crippen LogP contribution is -2.41. The van der Waals surface area contributed by atoms with E-state index >= 15 is 0 Å². The monoisotopic (exact) mass is 377 g/mol. The number of rotatable bonds is 11. The largest absolute Gasteiger partial charge is 0.467 e. The Balaban J connectivity index is 2.54. The number of carbonyl (C=O) groups is 2. The van der Waals surface area contributed by atoms with Gasteiger partial charge in [0.25, 0.3) is 0 Å². The Labute approximate surface area is 161 Å². The van der Waals surface area contributed by atoms with Crippen molar-refractivity contribution < 1.29 is 23.8 Å². The first-order valence-corrected chi connectivity index (χ1v) is 9.25. The topological polar surface area (TPSA) is 73.9 Å². The summed E-state index contributed by atoms with van der Waals surface area (Å²) in [7, 11) is 3.00. The summed E-state index contributed by atoms with van der Waals surface area (Å²) in [5.41, 5.74) is 2.14. The molecule has 150 valence electrons. The number of benzene rings is 1. The molecule has 0 saturated heterocycles. The van der Waals surface area contributed by atoms with Gasteiger partial charge in [-0.15, -0.1) is 0 Å². The molecule has 0 unspecified atom stereocenters. The maximum atomic E-state index is 12.0. The minimum Gasteiger partial charge on any atom is -0.467 e. The summed E-state index contributed by atoms with van der Waals surface area (Å²) in [6, 6.07) is 8.62. The van der Waals surface area contributed by atoms with Gasteiger partial charge in [-0.25, -0.2) is 9.59 Å². The van der Waals surface area contributed by atoms with Crippen LogP contribution in [-0.4, -0.2) is 38.4 Å². The lowest BCUT2D eigenvalue weighted by Gasteiger charge is -2.16. The fourth-order valence-electron chi connectivity index (χ4n) is 2.58. The van der Waals surface area contributed by atoms with E-state index < -0.39 is 18.1 Å². The summed E-state index contributed by atoms with van der Waals surface area (Å²) >= 11 is 0. The summed E-state index contributed by atoms with van der Waals surface area (Å²) in [5, 5.41) is 2.59. The molecule has 1 rings (SSSR count). The first kappa shape index (κ1) is 22.7. The van der Waals surface area contributed by atoms with Gasteiger partial charge in [0, 0.05) is 7.11 Å². The second-order valence-corrected chi connectivity index (χ2v) is 6.33. The van der Waals surface area contributed by atoms with Gasteiger partial charge in [-0.1, -0.05) is 48.9 Å². The van der Waals surface area contributed by atoms with Crippen molar-refractivity contribution in [2.75, 3.05) is 14.2 Å². The van der Waals surface area contributed by atoms with Crippen LogP contribution in [-0.2, 0) is 25.6 Å². The van der Waals surface area contributed by atoms with Crippen LogP contribution in [0.4, 0.5) is 4.79 Å². The molecule has 0 fully saturated rings. The van der Waals surface area contributed by atoms with Crippen molar-refractivity contribution >= 4 is 12.1 Å². The van der Waals surface area contributed by atoms with E-state index in [4.69, 9.17) is 14.2 Å². The Hall–Kier alpha value is -2.34. The molecule has 0 aliphatic carbocycles. The molecule has 0 bridgehead atoms. The molecule has 0 radical (unpaired) electrons. The number of amides is 1. The third-order valence-corrected chi connectivity index (χ3v) is 4.29. The normalized spacial score (nSPS) is 13.6. The average Bonchev–Trinajstić information content (AvgIpc) is 2.70. The van der Waals surface area contributed by atoms with E-state index in [1.807, 2.05) is 37.3 Å². The Morgan fingerprint density at radius 3 is 2.48 bits per heavy atom. The van der Waals surface area contributed by atoms with Gasteiger partial charge in [0.15, 0.2) is 0 Å². The van der Waals surface area contributed by atoms with Crippen molar-refractivity contribution in [3.8, 4) is 0 Å². The fourth-order valence-corrected chi connectivity index (χ4v) is 2.58. The molecule has 1 N–H and O–H groups in total. The van der Waals surface area contributed by atoms with Gasteiger partial charge in [0.2, 0.25) is 0 Å². The SMILES string of the molecule is CC/C(=C/CC[C@H](NC(=O)OCc1ccccc1)C(=O)OC)C[C@@H](C)OC. The van der Waals surface area contributed by atoms with Crippen molar-refractivity contribution in [2.24, 2.45) is 0 Å². The van der Waals surface area contributed by atoms with Crippen molar-refractivity contribution in [3.05, 3.63) is 47.5 Å². The highest BCUT2D eigenvalue weighted by Gasteiger charge is 2.21. The van der Waals surface area contributed by atoms with Crippen molar-refractivity contribution in [1.82, 2.24) is 5.32 Å². The van der Waals surface area contributed by atoms with Crippen LogP contribution in [0, 0.1) is 0 Å². The van der Waals surface area contributed by atoms with E-state index in [2.05, 4.69) is 18.3 Å². The number of allylic oxidation sites excluding steroid dienone is 1. The first-order chi connectivity index (χ1) is 13.0. The van der Waals surface area contributed by atoms with E-state index in [9.17, 15) is 9.59 Å². The number of hydrogen-bond donors (Lipinski definition) is 1. The van der Waals surface area contributed by atoms with Crippen LogP contribution < -0.4 is 5.32 Å². The number of esters is 1. The predicted molar refractivity (Wildman–Crippen MR) is 104 cm³/mol. The zero-order chi connectivity index (χ0) is 20.1. The number of hydrogen-bond acceptors (Lipinski definition) is 5. The first-order valence-electron chi connectivity index (χ1n) is 9.25. The number of carbonyl (C=O) groups excluding carboxylic acids is 2. The van der Waals surface area contributed by atoms with Crippen LogP contribution in [0.5, 0.6) is 0 Å². The molecule has 27 heavy (non-hydrogen) atoms. The molecule has 2 atom stereocenters. The van der Waals surface area contributed by atoms with Crippen molar-refractivity contribution in [2.45, 2.75) is 58.3 Å². The molecule has 1 aromatic rings. The van der Waals surface area contributed by atoms with Crippen molar-refractivity contribution in [3.63, 3.8) is 0 Å². The average molecular weight is 377 g/mol. The molecule has 0 saturated carbocycles. The van der Waals surface area contributed by atoms with Gasteiger partial charge in [-0.3, -0.25) is 0 Å². The van der Waals surface area contributed by atoms with Gasteiger partial charge >= 0.3 is 12.1 Å². The zero-order valence-electron chi connectivity index (χ0n) is 16.7. The quantitative estimate of drug-likeness (QED) is 0.466. The summed E-state index contributed by atoms with van der Waals surface area (Å²) < 4.78 is 15.3. The Morgan fingerprint density at radius 1 is 1.19 bits per heavy atom. The van der Waals surface area contributed by atoms with Gasteiger partial charge < -0.3 is 19.5 Å². The Bertz CT molecular complexity index is 600.